The fourth-order valence-corrected chi connectivity index (χ4v) is 5.14. The van der Waals surface area contributed by atoms with Crippen molar-refractivity contribution in [1.29, 1.82) is 0 Å². The Morgan fingerprint density at radius 2 is 1.97 bits per heavy atom. The largest absolute Gasteiger partial charge is 0.497 e. The van der Waals surface area contributed by atoms with Crippen LogP contribution in [-0.2, 0) is 9.47 Å². The number of ether oxygens (including phenoxy) is 3. The minimum Gasteiger partial charge on any atom is -0.497 e. The average Bonchev–Trinajstić information content (AvgIpc) is 3.52. The molecule has 1 saturated carbocycles. The summed E-state index contributed by atoms with van der Waals surface area (Å²) >= 11 is 5.57. The van der Waals surface area contributed by atoms with Crippen LogP contribution in [0.4, 0.5) is 0 Å². The Kier molecular flexibility index (Phi) is 6.02. The van der Waals surface area contributed by atoms with Crippen molar-refractivity contribution in [3.05, 3.63) is 24.3 Å². The number of aromatic nitrogens is 4. The maximum absolute atomic E-state index is 6.14. The molecule has 5 rings (SSSR count). The lowest BCUT2D eigenvalue weighted by atomic mass is 9.96. The Labute approximate surface area is 186 Å². The minimum absolute atomic E-state index is 0.00957. The third kappa shape index (κ3) is 4.24. The van der Waals surface area contributed by atoms with E-state index < -0.39 is 0 Å². The molecule has 2 N–H and O–H groups in total. The van der Waals surface area contributed by atoms with Crippen molar-refractivity contribution in [2.45, 2.75) is 62.4 Å². The number of hydrogen-bond donors (Lipinski definition) is 2. The van der Waals surface area contributed by atoms with Crippen molar-refractivity contribution in [1.82, 2.24) is 30.8 Å². The number of nitrogens with one attached hydrogen (secondary N) is 2. The summed E-state index contributed by atoms with van der Waals surface area (Å²) in [5.74, 6) is 1.43. The molecule has 2 aliphatic heterocycles. The van der Waals surface area contributed by atoms with Crippen molar-refractivity contribution < 1.29 is 14.2 Å². The minimum atomic E-state index is -0.136. The first-order valence-electron chi connectivity index (χ1n) is 11.0. The number of fused-ring (bicyclic) bond motifs is 1. The highest BCUT2D eigenvalue weighted by atomic mass is 32.1. The first-order valence-corrected chi connectivity index (χ1v) is 11.4. The second kappa shape index (κ2) is 9.05. The molecule has 0 radical (unpaired) electrons. The van der Waals surface area contributed by atoms with Gasteiger partial charge in [-0.1, -0.05) is 31.4 Å². The Balaban J connectivity index is 1.25. The normalized spacial score (nSPS) is 28.3. The van der Waals surface area contributed by atoms with Gasteiger partial charge in [0.2, 0.25) is 0 Å². The van der Waals surface area contributed by atoms with Gasteiger partial charge in [-0.2, -0.15) is 0 Å². The van der Waals surface area contributed by atoms with E-state index in [0.717, 1.165) is 11.3 Å². The Bertz CT molecular complexity index is 918. The molecule has 4 atom stereocenters. The van der Waals surface area contributed by atoms with Crippen LogP contribution in [0.15, 0.2) is 24.3 Å². The molecule has 166 valence electrons. The number of tetrazole rings is 1. The van der Waals surface area contributed by atoms with Crippen molar-refractivity contribution >= 4 is 17.3 Å². The van der Waals surface area contributed by atoms with Gasteiger partial charge >= 0.3 is 0 Å². The topological polar surface area (TPSA) is 95.4 Å². The number of thiocarbonyl (C=S) groups is 1. The van der Waals surface area contributed by atoms with Gasteiger partial charge in [-0.15, -0.1) is 5.10 Å². The van der Waals surface area contributed by atoms with E-state index in [1.54, 1.807) is 11.8 Å². The molecule has 1 aliphatic carbocycles. The molecule has 1 aromatic carbocycles. The fraction of sp³-hybridized carbons (Fsp3) is 0.619. The monoisotopic (exact) mass is 444 g/mol. The molecule has 0 spiro atoms. The highest BCUT2D eigenvalue weighted by Crippen LogP contribution is 2.36. The van der Waals surface area contributed by atoms with E-state index in [1.807, 2.05) is 24.3 Å². The zero-order valence-corrected chi connectivity index (χ0v) is 18.4. The highest BCUT2D eigenvalue weighted by Gasteiger charge is 2.49. The number of benzene rings is 1. The van der Waals surface area contributed by atoms with Crippen molar-refractivity contribution in [3.63, 3.8) is 0 Å². The lowest BCUT2D eigenvalue weighted by Crippen LogP contribution is -2.50. The van der Waals surface area contributed by atoms with Crippen LogP contribution >= 0.6 is 12.2 Å². The summed E-state index contributed by atoms with van der Waals surface area (Å²) in [7, 11) is 1.64. The highest BCUT2D eigenvalue weighted by molar-refractivity contribution is 7.80. The quantitative estimate of drug-likeness (QED) is 0.670. The molecular formula is C21H28N6O3S. The van der Waals surface area contributed by atoms with Gasteiger partial charge in [0.15, 0.2) is 10.9 Å². The Hall–Kier alpha value is -2.30. The van der Waals surface area contributed by atoms with Crippen LogP contribution in [0.3, 0.4) is 0 Å². The standard InChI is InChI=1S/C21H28N6O3S/c1-28-15-9-5-6-13(10-15)20-24-25-26-27(20)17-12-30-18-16(11-29-19(17)18)23-21(31)22-14-7-3-2-4-8-14/h5-6,9-10,14,16-19H,2-4,7-8,11-12H2,1H3,(H2,22,23,31)/t16-,17+,18-,19+/m0/s1. The van der Waals surface area contributed by atoms with E-state index in [-0.39, 0.29) is 24.3 Å². The van der Waals surface area contributed by atoms with Crippen LogP contribution < -0.4 is 15.4 Å². The van der Waals surface area contributed by atoms with Crippen molar-refractivity contribution in [2.75, 3.05) is 20.3 Å². The molecule has 3 aliphatic rings. The number of hydrogen-bond acceptors (Lipinski definition) is 7. The van der Waals surface area contributed by atoms with Crippen LogP contribution in [0.25, 0.3) is 11.4 Å². The van der Waals surface area contributed by atoms with E-state index in [9.17, 15) is 0 Å². The molecule has 0 bridgehead atoms. The fourth-order valence-electron chi connectivity index (χ4n) is 4.82. The van der Waals surface area contributed by atoms with Crippen LogP contribution in [0, 0.1) is 0 Å². The molecular weight excluding hydrogens is 416 g/mol. The molecule has 0 unspecified atom stereocenters. The third-order valence-electron chi connectivity index (χ3n) is 6.42. The van der Waals surface area contributed by atoms with Crippen molar-refractivity contribution in [2.24, 2.45) is 0 Å². The Morgan fingerprint density at radius 3 is 2.81 bits per heavy atom. The summed E-state index contributed by atoms with van der Waals surface area (Å²) in [6.45, 7) is 1.02. The molecule has 9 nitrogen and oxygen atoms in total. The third-order valence-corrected chi connectivity index (χ3v) is 6.65. The molecule has 31 heavy (non-hydrogen) atoms. The summed E-state index contributed by atoms with van der Waals surface area (Å²) in [5, 5.41) is 20.0. The molecule has 1 aromatic heterocycles. The smallest absolute Gasteiger partial charge is 0.182 e. The summed E-state index contributed by atoms with van der Waals surface area (Å²) in [6.07, 6.45) is 5.98. The average molecular weight is 445 g/mol. The molecule has 3 fully saturated rings. The van der Waals surface area contributed by atoms with Gasteiger partial charge in [-0.05, 0) is 47.6 Å². The molecule has 2 saturated heterocycles. The van der Waals surface area contributed by atoms with E-state index in [1.165, 1.54) is 32.1 Å². The van der Waals surface area contributed by atoms with E-state index in [0.29, 0.717) is 30.2 Å². The number of nitrogens with zero attached hydrogens (tertiary/aromatic N) is 4. The zero-order chi connectivity index (χ0) is 21.2. The Morgan fingerprint density at radius 1 is 1.13 bits per heavy atom. The van der Waals surface area contributed by atoms with Gasteiger partial charge in [0.05, 0.1) is 26.4 Å². The van der Waals surface area contributed by atoms with Crippen molar-refractivity contribution in [3.8, 4) is 17.1 Å². The second-order valence-corrected chi connectivity index (χ2v) is 8.81. The van der Waals surface area contributed by atoms with Crippen LogP contribution in [-0.4, -0.2) is 69.9 Å². The van der Waals surface area contributed by atoms with E-state index >= 15 is 0 Å². The summed E-state index contributed by atoms with van der Waals surface area (Å²) in [4.78, 5) is 0. The van der Waals surface area contributed by atoms with Gasteiger partial charge in [-0.25, -0.2) is 4.68 Å². The number of rotatable bonds is 5. The molecule has 2 aromatic rings. The second-order valence-electron chi connectivity index (χ2n) is 8.40. The summed E-state index contributed by atoms with van der Waals surface area (Å²) in [5.41, 5.74) is 0.887. The van der Waals surface area contributed by atoms with Gasteiger partial charge in [-0.3, -0.25) is 0 Å². The van der Waals surface area contributed by atoms with Crippen LogP contribution in [0.1, 0.15) is 38.1 Å². The number of methoxy groups -OCH3 is 1. The summed E-state index contributed by atoms with van der Waals surface area (Å²) < 4.78 is 19.4. The molecule has 3 heterocycles. The lowest BCUT2D eigenvalue weighted by Gasteiger charge is -2.26. The maximum Gasteiger partial charge on any atom is 0.182 e. The first kappa shape index (κ1) is 20.6. The molecule has 10 heteroatoms. The van der Waals surface area contributed by atoms with Gasteiger partial charge in [0, 0.05) is 11.6 Å². The van der Waals surface area contributed by atoms with Crippen LogP contribution in [0.2, 0.25) is 0 Å². The molecule has 0 amide bonds. The zero-order valence-electron chi connectivity index (χ0n) is 17.6. The first-order chi connectivity index (χ1) is 15.2. The predicted molar refractivity (Wildman–Crippen MR) is 118 cm³/mol. The predicted octanol–water partition coefficient (Wildman–Crippen LogP) is 1.85. The van der Waals surface area contributed by atoms with Crippen LogP contribution in [0.5, 0.6) is 5.75 Å². The van der Waals surface area contributed by atoms with E-state index in [4.69, 9.17) is 26.4 Å². The van der Waals surface area contributed by atoms with Gasteiger partial charge in [0.1, 0.15) is 24.0 Å². The SMILES string of the molecule is COc1cccc(-c2nnnn2[C@@H]2CO[C@@H]3[C@@H]2OC[C@@H]3NC(=S)NC2CCCCC2)c1. The van der Waals surface area contributed by atoms with E-state index in [2.05, 4.69) is 26.2 Å². The lowest BCUT2D eigenvalue weighted by molar-refractivity contribution is 0.0626. The van der Waals surface area contributed by atoms with Gasteiger partial charge in [0.25, 0.3) is 0 Å². The maximum atomic E-state index is 6.14. The van der Waals surface area contributed by atoms with Gasteiger partial charge < -0.3 is 24.8 Å². The summed E-state index contributed by atoms with van der Waals surface area (Å²) in [6, 6.07) is 8.08.